The van der Waals surface area contributed by atoms with E-state index in [0.717, 1.165) is 47.8 Å². The second-order valence-corrected chi connectivity index (χ2v) is 6.78. The van der Waals surface area contributed by atoms with Crippen molar-refractivity contribution in [2.45, 2.75) is 36.6 Å². The lowest BCUT2D eigenvalue weighted by molar-refractivity contribution is 0.641. The first-order valence-electron chi connectivity index (χ1n) is 7.65. The molecule has 1 aromatic heterocycles. The lowest BCUT2D eigenvalue weighted by Gasteiger charge is -2.17. The third kappa shape index (κ3) is 3.19. The van der Waals surface area contributed by atoms with Crippen molar-refractivity contribution < 1.29 is 0 Å². The van der Waals surface area contributed by atoms with E-state index in [0.29, 0.717) is 0 Å². The van der Waals surface area contributed by atoms with Gasteiger partial charge < -0.3 is 9.88 Å². The number of rotatable bonds is 4. The summed E-state index contributed by atoms with van der Waals surface area (Å²) in [5, 5.41) is 0.735. The van der Waals surface area contributed by atoms with Crippen LogP contribution in [0.15, 0.2) is 34.2 Å². The van der Waals surface area contributed by atoms with Crippen LogP contribution < -0.4 is 10.5 Å². The van der Waals surface area contributed by atoms with E-state index in [9.17, 15) is 4.79 Å². The van der Waals surface area contributed by atoms with Gasteiger partial charge in [0, 0.05) is 31.1 Å². The second kappa shape index (κ2) is 6.57. The molecule has 0 unspecified atom stereocenters. The Morgan fingerprint density at radius 3 is 2.82 bits per heavy atom. The largest absolute Gasteiger partial charge is 0.377 e. The number of nitrogens with zero attached hydrogens (tertiary/aromatic N) is 2. The monoisotopic (exact) mass is 315 g/mol. The van der Waals surface area contributed by atoms with Crippen LogP contribution in [0.4, 0.5) is 5.69 Å². The van der Waals surface area contributed by atoms with Crippen LogP contribution in [0.1, 0.15) is 29.7 Å². The van der Waals surface area contributed by atoms with Crippen LogP contribution >= 0.6 is 11.8 Å². The Morgan fingerprint density at radius 2 is 2.00 bits per heavy atom. The average molecular weight is 315 g/mol. The Balaban J connectivity index is 1.80. The van der Waals surface area contributed by atoms with Gasteiger partial charge in [-0.25, -0.2) is 4.98 Å². The van der Waals surface area contributed by atoms with Gasteiger partial charge in [-0.15, -0.1) is 0 Å². The molecule has 1 aromatic carbocycles. The van der Waals surface area contributed by atoms with Gasteiger partial charge >= 0.3 is 0 Å². The van der Waals surface area contributed by atoms with Crippen molar-refractivity contribution in [2.24, 2.45) is 0 Å². The van der Waals surface area contributed by atoms with E-state index in [2.05, 4.69) is 27.0 Å². The number of hydrogen-bond acceptors (Lipinski definition) is 4. The van der Waals surface area contributed by atoms with Gasteiger partial charge in [-0.05, 0) is 37.3 Å². The molecule has 0 spiro atoms. The minimum Gasteiger partial charge on any atom is -0.377 e. The molecule has 1 heterocycles. The molecular formula is C17H21N3OS. The molecule has 5 heteroatoms. The average Bonchev–Trinajstić information content (AvgIpc) is 2.53. The fourth-order valence-corrected chi connectivity index (χ4v) is 3.74. The molecule has 1 N–H and O–H groups in total. The molecule has 0 atom stereocenters. The van der Waals surface area contributed by atoms with Gasteiger partial charge in [-0.3, -0.25) is 4.79 Å². The normalized spacial score (nSPS) is 13.7. The number of hydrogen-bond donors (Lipinski definition) is 1. The summed E-state index contributed by atoms with van der Waals surface area (Å²) in [6, 6.07) is 8.33. The second-order valence-electron chi connectivity index (χ2n) is 5.82. The molecule has 4 nitrogen and oxygen atoms in total. The molecule has 0 aliphatic heterocycles. The van der Waals surface area contributed by atoms with Crippen LogP contribution in [-0.2, 0) is 18.6 Å². The number of aryl methyl sites for hydroxylation is 1. The summed E-state index contributed by atoms with van der Waals surface area (Å²) in [6.07, 6.45) is 4.03. The van der Waals surface area contributed by atoms with Crippen molar-refractivity contribution in [1.82, 2.24) is 9.97 Å². The smallest absolute Gasteiger partial charge is 0.254 e. The van der Waals surface area contributed by atoms with Gasteiger partial charge in [0.2, 0.25) is 0 Å². The number of nitrogens with one attached hydrogen (secondary N) is 1. The third-order valence-electron chi connectivity index (χ3n) is 4.01. The number of benzene rings is 1. The number of thioether (sulfide) groups is 1. The summed E-state index contributed by atoms with van der Waals surface area (Å²) in [5.41, 5.74) is 4.39. The lowest BCUT2D eigenvalue weighted by Crippen LogP contribution is -2.21. The van der Waals surface area contributed by atoms with E-state index in [-0.39, 0.29) is 5.56 Å². The third-order valence-corrected chi connectivity index (χ3v) is 4.93. The van der Waals surface area contributed by atoms with E-state index in [1.165, 1.54) is 11.3 Å². The number of para-hydroxylation sites is 1. The van der Waals surface area contributed by atoms with E-state index < -0.39 is 0 Å². The van der Waals surface area contributed by atoms with Gasteiger partial charge in [-0.1, -0.05) is 30.0 Å². The fraction of sp³-hybridized carbons (Fsp3) is 0.412. The van der Waals surface area contributed by atoms with E-state index >= 15 is 0 Å². The number of aromatic nitrogens is 2. The first-order valence-corrected chi connectivity index (χ1v) is 8.64. The Bertz CT molecular complexity index is 724. The van der Waals surface area contributed by atoms with Crippen LogP contribution in [-0.4, -0.2) is 24.1 Å². The van der Waals surface area contributed by atoms with Gasteiger partial charge in [0.15, 0.2) is 5.16 Å². The standard InChI is InChI=1S/C17H21N3OS/c1-20(2)15-10-6-3-7-12(15)11-22-17-18-14-9-5-4-8-13(14)16(21)19-17/h3,6-7,10H,4-5,8-9,11H2,1-2H3,(H,18,19,21). The summed E-state index contributed by atoms with van der Waals surface area (Å²) in [5.74, 6) is 0.802. The highest BCUT2D eigenvalue weighted by Gasteiger charge is 2.16. The summed E-state index contributed by atoms with van der Waals surface area (Å²) < 4.78 is 0. The van der Waals surface area contributed by atoms with E-state index in [1.54, 1.807) is 11.8 Å². The molecule has 116 valence electrons. The van der Waals surface area contributed by atoms with E-state index in [1.807, 2.05) is 26.2 Å². The molecule has 1 aliphatic carbocycles. The molecule has 1 aliphatic rings. The number of anilines is 1. The van der Waals surface area contributed by atoms with Crippen molar-refractivity contribution >= 4 is 17.4 Å². The predicted octanol–water partition coefficient (Wildman–Crippen LogP) is 3.01. The summed E-state index contributed by atoms with van der Waals surface area (Å²) in [4.78, 5) is 21.9. The number of H-pyrrole nitrogens is 1. The molecule has 3 rings (SSSR count). The van der Waals surface area contributed by atoms with Crippen molar-refractivity contribution in [3.05, 3.63) is 51.4 Å². The fourth-order valence-electron chi connectivity index (χ4n) is 2.86. The molecule has 0 saturated carbocycles. The Morgan fingerprint density at radius 1 is 1.23 bits per heavy atom. The minimum atomic E-state index is 0.0492. The minimum absolute atomic E-state index is 0.0492. The quantitative estimate of drug-likeness (QED) is 0.696. The summed E-state index contributed by atoms with van der Waals surface area (Å²) >= 11 is 1.60. The van der Waals surface area contributed by atoms with Crippen molar-refractivity contribution in [1.29, 1.82) is 0 Å². The van der Waals surface area contributed by atoms with Crippen molar-refractivity contribution in [2.75, 3.05) is 19.0 Å². The van der Waals surface area contributed by atoms with Crippen LogP contribution in [0.2, 0.25) is 0 Å². The van der Waals surface area contributed by atoms with Gasteiger partial charge in [0.25, 0.3) is 5.56 Å². The maximum absolute atomic E-state index is 12.2. The SMILES string of the molecule is CN(C)c1ccccc1CSc1nc2c(c(=O)[nH]1)CCCC2. The topological polar surface area (TPSA) is 49.0 Å². The lowest BCUT2D eigenvalue weighted by atomic mass is 9.97. The van der Waals surface area contributed by atoms with Crippen LogP contribution in [0.5, 0.6) is 0 Å². The molecule has 0 radical (unpaired) electrons. The van der Waals surface area contributed by atoms with Crippen LogP contribution in [0.25, 0.3) is 0 Å². The molecule has 0 amide bonds. The van der Waals surface area contributed by atoms with Gasteiger partial charge in [0.1, 0.15) is 0 Å². The zero-order chi connectivity index (χ0) is 15.5. The summed E-state index contributed by atoms with van der Waals surface area (Å²) in [7, 11) is 4.09. The Hall–Kier alpha value is -1.75. The highest BCUT2D eigenvalue weighted by Crippen LogP contribution is 2.26. The molecule has 2 aromatic rings. The summed E-state index contributed by atoms with van der Waals surface area (Å²) in [6.45, 7) is 0. The molecule has 22 heavy (non-hydrogen) atoms. The first kappa shape index (κ1) is 15.2. The maximum atomic E-state index is 12.2. The van der Waals surface area contributed by atoms with Gasteiger partial charge in [-0.2, -0.15) is 0 Å². The molecule has 0 bridgehead atoms. The van der Waals surface area contributed by atoms with Crippen molar-refractivity contribution in [3.8, 4) is 0 Å². The zero-order valence-corrected chi connectivity index (χ0v) is 13.9. The number of fused-ring (bicyclic) bond motifs is 1. The van der Waals surface area contributed by atoms with Gasteiger partial charge in [0.05, 0.1) is 5.69 Å². The Labute approximate surface area is 135 Å². The highest BCUT2D eigenvalue weighted by atomic mass is 32.2. The Kier molecular flexibility index (Phi) is 4.52. The zero-order valence-electron chi connectivity index (χ0n) is 13.1. The van der Waals surface area contributed by atoms with Crippen LogP contribution in [0, 0.1) is 0 Å². The molecule has 0 saturated heterocycles. The first-order chi connectivity index (χ1) is 10.6. The van der Waals surface area contributed by atoms with E-state index in [4.69, 9.17) is 0 Å². The highest BCUT2D eigenvalue weighted by molar-refractivity contribution is 7.98. The number of aromatic amines is 1. The van der Waals surface area contributed by atoms with Crippen molar-refractivity contribution in [3.63, 3.8) is 0 Å². The maximum Gasteiger partial charge on any atom is 0.254 e. The van der Waals surface area contributed by atoms with Crippen LogP contribution in [0.3, 0.4) is 0 Å². The predicted molar refractivity (Wildman–Crippen MR) is 91.8 cm³/mol. The molecular weight excluding hydrogens is 294 g/mol. The molecule has 0 fully saturated rings.